The smallest absolute Gasteiger partial charge is 0.224 e. The van der Waals surface area contributed by atoms with Gasteiger partial charge in [0.1, 0.15) is 0 Å². The van der Waals surface area contributed by atoms with Crippen LogP contribution in [0.5, 0.6) is 0 Å². The molecule has 0 atom stereocenters. The van der Waals surface area contributed by atoms with Crippen molar-refractivity contribution in [2.24, 2.45) is 11.7 Å². The molecule has 5 heteroatoms. The molecule has 165 valence electrons. The topological polar surface area (TPSA) is 68.0 Å². The molecule has 2 fully saturated rings. The molecule has 1 radical (unpaired) electrons. The fraction of sp³-hybridized carbons (Fsp3) is 0.370. The van der Waals surface area contributed by atoms with E-state index in [1.165, 1.54) is 12.0 Å². The van der Waals surface area contributed by atoms with Crippen molar-refractivity contribution < 1.29 is 4.79 Å². The van der Waals surface area contributed by atoms with Crippen LogP contribution in [-0.4, -0.2) is 10.9 Å². The third-order valence-corrected chi connectivity index (χ3v) is 7.70. The number of rotatable bonds is 6. The highest BCUT2D eigenvalue weighted by Gasteiger charge is 2.34. The molecular formula is C27H30N3OS. The van der Waals surface area contributed by atoms with Gasteiger partial charge in [0.15, 0.2) is 0 Å². The molecule has 2 aliphatic carbocycles. The number of thiophene rings is 1. The van der Waals surface area contributed by atoms with Crippen molar-refractivity contribution in [3.05, 3.63) is 65.3 Å². The van der Waals surface area contributed by atoms with Crippen molar-refractivity contribution in [3.63, 3.8) is 0 Å². The van der Waals surface area contributed by atoms with Crippen molar-refractivity contribution in [3.8, 4) is 22.4 Å². The predicted molar refractivity (Wildman–Crippen MR) is 132 cm³/mol. The summed E-state index contributed by atoms with van der Waals surface area (Å²) in [5.74, 6) is 0.574. The monoisotopic (exact) mass is 444 g/mol. The van der Waals surface area contributed by atoms with Gasteiger partial charge in [0.05, 0.1) is 17.6 Å². The summed E-state index contributed by atoms with van der Waals surface area (Å²) in [6.07, 6.45) is 12.5. The Morgan fingerprint density at radius 2 is 1.91 bits per heavy atom. The zero-order valence-corrected chi connectivity index (χ0v) is 19.2. The predicted octanol–water partition coefficient (Wildman–Crippen LogP) is 6.54. The minimum Gasteiger partial charge on any atom is -0.325 e. The molecule has 1 amide bonds. The number of anilines is 1. The van der Waals surface area contributed by atoms with Crippen molar-refractivity contribution in [1.82, 2.24) is 4.98 Å². The molecule has 4 nitrogen and oxygen atoms in total. The summed E-state index contributed by atoms with van der Waals surface area (Å²) in [4.78, 5) is 17.4. The second kappa shape index (κ2) is 9.16. The molecule has 0 unspecified atom stereocenters. The lowest BCUT2D eigenvalue weighted by atomic mass is 9.72. The van der Waals surface area contributed by atoms with Gasteiger partial charge in [-0.3, -0.25) is 9.78 Å². The van der Waals surface area contributed by atoms with Gasteiger partial charge in [-0.15, -0.1) is 0 Å². The Balaban J connectivity index is 1.39. The lowest BCUT2D eigenvalue weighted by Crippen LogP contribution is -2.43. The van der Waals surface area contributed by atoms with Crippen LogP contribution in [0.25, 0.3) is 22.4 Å². The first kappa shape index (κ1) is 21.4. The molecule has 0 saturated heterocycles. The van der Waals surface area contributed by atoms with Gasteiger partial charge in [0.25, 0.3) is 0 Å². The minimum absolute atomic E-state index is 0.0841. The third-order valence-electron chi connectivity index (χ3n) is 7.01. The molecule has 0 bridgehead atoms. The molecule has 1 aromatic carbocycles. The van der Waals surface area contributed by atoms with E-state index in [-0.39, 0.29) is 11.4 Å². The number of nitrogens with zero attached hydrogens (tertiary/aromatic N) is 1. The van der Waals surface area contributed by atoms with E-state index in [0.29, 0.717) is 12.3 Å². The number of carbonyl (C=O) groups excluding carboxylic acids is 1. The van der Waals surface area contributed by atoms with E-state index in [0.717, 1.165) is 66.6 Å². The normalized spacial score (nSPS) is 18.2. The number of amides is 1. The minimum atomic E-state index is -0.160. The SMILES string of the molecule is NC1(c2ccc(-c3ncc(NC(=O)CC4CC[CH]CC4)cc3-c3ccsc3)cc2)CCC1. The first-order valence-electron chi connectivity index (χ1n) is 11.6. The maximum Gasteiger partial charge on any atom is 0.224 e. The Morgan fingerprint density at radius 1 is 1.12 bits per heavy atom. The van der Waals surface area contributed by atoms with Crippen molar-refractivity contribution in [2.45, 2.75) is 56.9 Å². The molecule has 32 heavy (non-hydrogen) atoms. The average Bonchev–Trinajstić information content (AvgIpc) is 3.33. The maximum atomic E-state index is 12.6. The van der Waals surface area contributed by atoms with Crippen LogP contribution in [0.15, 0.2) is 53.4 Å². The highest BCUT2D eigenvalue weighted by molar-refractivity contribution is 7.08. The van der Waals surface area contributed by atoms with Gasteiger partial charge in [0, 0.05) is 23.1 Å². The number of aromatic nitrogens is 1. The van der Waals surface area contributed by atoms with Gasteiger partial charge in [-0.05, 0) is 91.3 Å². The summed E-state index contributed by atoms with van der Waals surface area (Å²) in [5.41, 5.74) is 12.4. The fourth-order valence-corrected chi connectivity index (χ4v) is 5.54. The number of hydrogen-bond donors (Lipinski definition) is 2. The number of hydrogen-bond acceptors (Lipinski definition) is 4. The van der Waals surface area contributed by atoms with E-state index in [9.17, 15) is 4.79 Å². The van der Waals surface area contributed by atoms with Crippen molar-refractivity contribution >= 4 is 22.9 Å². The molecule has 5 rings (SSSR count). The summed E-state index contributed by atoms with van der Waals surface area (Å²) >= 11 is 1.66. The summed E-state index contributed by atoms with van der Waals surface area (Å²) in [5, 5.41) is 7.29. The number of nitrogens with two attached hydrogens (primary N) is 1. The molecule has 0 aliphatic heterocycles. The molecule has 2 saturated carbocycles. The zero-order valence-electron chi connectivity index (χ0n) is 18.3. The van der Waals surface area contributed by atoms with E-state index >= 15 is 0 Å². The molecule has 3 aromatic rings. The van der Waals surface area contributed by atoms with Crippen molar-refractivity contribution in [2.75, 3.05) is 5.32 Å². The first-order valence-corrected chi connectivity index (χ1v) is 12.6. The number of nitrogens with one attached hydrogen (secondary N) is 1. The third kappa shape index (κ3) is 4.50. The average molecular weight is 445 g/mol. The summed E-state index contributed by atoms with van der Waals surface area (Å²) < 4.78 is 0. The molecule has 2 aromatic heterocycles. The van der Waals surface area contributed by atoms with E-state index in [1.807, 2.05) is 0 Å². The van der Waals surface area contributed by atoms with Gasteiger partial charge in [0.2, 0.25) is 5.91 Å². The van der Waals surface area contributed by atoms with Crippen LogP contribution in [0.2, 0.25) is 0 Å². The highest BCUT2D eigenvalue weighted by atomic mass is 32.1. The molecule has 3 N–H and O–H groups in total. The van der Waals surface area contributed by atoms with Crippen LogP contribution in [-0.2, 0) is 10.3 Å². The number of benzene rings is 1. The molecular weight excluding hydrogens is 414 g/mol. The maximum absolute atomic E-state index is 12.6. The number of pyridine rings is 1. The fourth-order valence-electron chi connectivity index (χ4n) is 4.88. The van der Waals surface area contributed by atoms with Crippen molar-refractivity contribution in [1.29, 1.82) is 0 Å². The Morgan fingerprint density at radius 3 is 2.56 bits per heavy atom. The van der Waals surface area contributed by atoms with E-state index in [4.69, 9.17) is 10.7 Å². The second-order valence-corrected chi connectivity index (χ2v) is 10.1. The Labute approximate surface area is 194 Å². The highest BCUT2D eigenvalue weighted by Crippen LogP contribution is 2.40. The van der Waals surface area contributed by atoms with Crippen LogP contribution in [0.4, 0.5) is 5.69 Å². The van der Waals surface area contributed by atoms with Crippen LogP contribution in [0, 0.1) is 12.3 Å². The van der Waals surface area contributed by atoms with Gasteiger partial charge >= 0.3 is 0 Å². The number of carbonyl (C=O) groups is 1. The summed E-state index contributed by atoms with van der Waals surface area (Å²) in [6, 6.07) is 12.7. The largest absolute Gasteiger partial charge is 0.325 e. The standard InChI is InChI=1S/C27H30N3OS/c28-27(12-4-13-27)22-9-7-20(8-10-22)26-24(21-11-14-32-18-21)16-23(17-29-26)30-25(31)15-19-5-2-1-3-6-19/h1,7-11,14,16-19H,2-6,12-13,15,28H2,(H,30,31). The van der Waals surface area contributed by atoms with Gasteiger partial charge in [-0.1, -0.05) is 24.3 Å². The Kier molecular flexibility index (Phi) is 6.11. The molecule has 0 spiro atoms. The van der Waals surface area contributed by atoms with Crippen LogP contribution in [0.3, 0.4) is 0 Å². The Hall–Kier alpha value is -2.50. The summed E-state index contributed by atoms with van der Waals surface area (Å²) in [6.45, 7) is 0. The van der Waals surface area contributed by atoms with Crippen LogP contribution >= 0.6 is 11.3 Å². The second-order valence-electron chi connectivity index (χ2n) is 9.28. The molecule has 2 aliphatic rings. The van der Waals surface area contributed by atoms with Gasteiger partial charge in [-0.2, -0.15) is 11.3 Å². The quantitative estimate of drug-likeness (QED) is 0.454. The lowest BCUT2D eigenvalue weighted by molar-refractivity contribution is -0.117. The van der Waals surface area contributed by atoms with Crippen LogP contribution < -0.4 is 11.1 Å². The lowest BCUT2D eigenvalue weighted by Gasteiger charge is -2.38. The van der Waals surface area contributed by atoms with E-state index < -0.39 is 0 Å². The first-order chi connectivity index (χ1) is 15.6. The van der Waals surface area contributed by atoms with Gasteiger partial charge in [-0.25, -0.2) is 0 Å². The van der Waals surface area contributed by atoms with Crippen LogP contribution in [0.1, 0.15) is 56.9 Å². The van der Waals surface area contributed by atoms with Gasteiger partial charge < -0.3 is 11.1 Å². The Bertz CT molecular complexity index is 1060. The van der Waals surface area contributed by atoms with E-state index in [1.54, 1.807) is 17.5 Å². The summed E-state index contributed by atoms with van der Waals surface area (Å²) in [7, 11) is 0. The van der Waals surface area contributed by atoms with E-state index in [2.05, 4.69) is 58.9 Å². The zero-order chi connectivity index (χ0) is 22.0. The molecule has 2 heterocycles.